The lowest BCUT2D eigenvalue weighted by atomic mass is 10.0. The number of carbonyl (C=O) groups excluding carboxylic acids is 1. The van der Waals surface area contributed by atoms with Crippen molar-refractivity contribution >= 4 is 5.91 Å². The minimum Gasteiger partial charge on any atom is -0.349 e. The average Bonchev–Trinajstić information content (AvgIpc) is 2.44. The minimum atomic E-state index is 0.0373. The lowest BCUT2D eigenvalue weighted by Crippen LogP contribution is -2.28. The lowest BCUT2D eigenvalue weighted by Gasteiger charge is -2.14. The molecule has 0 spiro atoms. The maximum atomic E-state index is 12.1. The van der Waals surface area contributed by atoms with Crippen molar-refractivity contribution in [2.24, 2.45) is 0 Å². The standard InChI is InChI=1S/C18H21NO/c1-13-9-10-16(11-14(13)2)12-18(20)19-15(3)17-7-5-4-6-8-17/h4-11,15H,12H2,1-3H3,(H,19,20). The van der Waals surface area contributed by atoms with Crippen LogP contribution in [0.15, 0.2) is 48.5 Å². The number of amides is 1. The van der Waals surface area contributed by atoms with E-state index in [4.69, 9.17) is 0 Å². The average molecular weight is 267 g/mol. The molecule has 2 rings (SSSR count). The first-order chi connectivity index (χ1) is 9.56. The fourth-order valence-corrected chi connectivity index (χ4v) is 2.22. The number of carbonyl (C=O) groups is 1. The van der Waals surface area contributed by atoms with Gasteiger partial charge in [-0.3, -0.25) is 4.79 Å². The van der Waals surface area contributed by atoms with Gasteiger partial charge in [0.1, 0.15) is 0 Å². The molecule has 0 saturated carbocycles. The Morgan fingerprint density at radius 1 is 1.05 bits per heavy atom. The van der Waals surface area contributed by atoms with Gasteiger partial charge in [-0.25, -0.2) is 0 Å². The van der Waals surface area contributed by atoms with Gasteiger partial charge in [-0.1, -0.05) is 48.5 Å². The van der Waals surface area contributed by atoms with E-state index in [0.29, 0.717) is 6.42 Å². The first kappa shape index (κ1) is 14.3. The van der Waals surface area contributed by atoms with Gasteiger partial charge in [-0.15, -0.1) is 0 Å². The van der Waals surface area contributed by atoms with Gasteiger partial charge in [0.05, 0.1) is 12.5 Å². The molecule has 0 aliphatic rings. The maximum absolute atomic E-state index is 12.1. The van der Waals surface area contributed by atoms with Crippen LogP contribution in [0.2, 0.25) is 0 Å². The van der Waals surface area contributed by atoms with Crippen LogP contribution in [0.25, 0.3) is 0 Å². The van der Waals surface area contributed by atoms with Gasteiger partial charge in [0.15, 0.2) is 0 Å². The predicted molar refractivity (Wildman–Crippen MR) is 82.6 cm³/mol. The minimum absolute atomic E-state index is 0.0373. The summed E-state index contributed by atoms with van der Waals surface area (Å²) in [6.45, 7) is 6.16. The van der Waals surface area contributed by atoms with E-state index in [9.17, 15) is 4.79 Å². The van der Waals surface area contributed by atoms with Gasteiger partial charge in [-0.2, -0.15) is 0 Å². The molecule has 20 heavy (non-hydrogen) atoms. The highest BCUT2D eigenvalue weighted by Crippen LogP contribution is 2.13. The van der Waals surface area contributed by atoms with Crippen molar-refractivity contribution in [2.75, 3.05) is 0 Å². The van der Waals surface area contributed by atoms with Crippen LogP contribution in [0.3, 0.4) is 0 Å². The number of hydrogen-bond acceptors (Lipinski definition) is 1. The Bertz CT molecular complexity index is 590. The highest BCUT2D eigenvalue weighted by atomic mass is 16.1. The van der Waals surface area contributed by atoms with E-state index in [1.807, 2.05) is 43.3 Å². The molecule has 0 aliphatic heterocycles. The van der Waals surface area contributed by atoms with Gasteiger partial charge in [0, 0.05) is 0 Å². The Morgan fingerprint density at radius 2 is 1.75 bits per heavy atom. The highest BCUT2D eigenvalue weighted by molar-refractivity contribution is 5.79. The van der Waals surface area contributed by atoms with Gasteiger partial charge < -0.3 is 5.32 Å². The summed E-state index contributed by atoms with van der Waals surface area (Å²) in [6, 6.07) is 16.2. The zero-order valence-corrected chi connectivity index (χ0v) is 12.3. The van der Waals surface area contributed by atoms with Gasteiger partial charge in [-0.05, 0) is 43.0 Å². The second kappa shape index (κ2) is 6.38. The molecule has 0 bridgehead atoms. The van der Waals surface area contributed by atoms with Crippen LogP contribution in [0.5, 0.6) is 0 Å². The quantitative estimate of drug-likeness (QED) is 0.898. The smallest absolute Gasteiger partial charge is 0.224 e. The normalized spacial score (nSPS) is 11.9. The molecule has 0 radical (unpaired) electrons. The van der Waals surface area contributed by atoms with E-state index in [1.54, 1.807) is 0 Å². The molecular weight excluding hydrogens is 246 g/mol. The molecule has 2 nitrogen and oxygen atoms in total. The monoisotopic (exact) mass is 267 g/mol. The van der Waals surface area contributed by atoms with E-state index in [1.165, 1.54) is 11.1 Å². The van der Waals surface area contributed by atoms with Crippen molar-refractivity contribution in [3.63, 3.8) is 0 Å². The second-order valence-electron chi connectivity index (χ2n) is 5.30. The molecule has 0 fully saturated rings. The summed E-state index contributed by atoms with van der Waals surface area (Å²) in [5.41, 5.74) is 4.67. The summed E-state index contributed by atoms with van der Waals surface area (Å²) in [6.07, 6.45) is 0.429. The molecule has 2 aromatic carbocycles. The first-order valence-electron chi connectivity index (χ1n) is 6.96. The van der Waals surface area contributed by atoms with Crippen molar-refractivity contribution < 1.29 is 4.79 Å². The molecule has 1 unspecified atom stereocenters. The molecule has 104 valence electrons. The number of rotatable bonds is 4. The molecule has 1 amide bonds. The van der Waals surface area contributed by atoms with Crippen LogP contribution in [-0.4, -0.2) is 5.91 Å². The Morgan fingerprint density at radius 3 is 2.40 bits per heavy atom. The largest absolute Gasteiger partial charge is 0.349 e. The van der Waals surface area contributed by atoms with Gasteiger partial charge in [0.25, 0.3) is 0 Å². The third kappa shape index (κ3) is 3.70. The van der Waals surface area contributed by atoms with Gasteiger partial charge >= 0.3 is 0 Å². The molecule has 0 heterocycles. The molecule has 0 saturated heterocycles. The fourth-order valence-electron chi connectivity index (χ4n) is 2.22. The van der Waals surface area contributed by atoms with Crippen molar-refractivity contribution in [1.29, 1.82) is 0 Å². The highest BCUT2D eigenvalue weighted by Gasteiger charge is 2.10. The topological polar surface area (TPSA) is 29.1 Å². The van der Waals surface area contributed by atoms with E-state index < -0.39 is 0 Å². The molecule has 0 aliphatic carbocycles. The summed E-state index contributed by atoms with van der Waals surface area (Å²) < 4.78 is 0. The van der Waals surface area contributed by atoms with E-state index in [-0.39, 0.29) is 11.9 Å². The Hall–Kier alpha value is -2.09. The van der Waals surface area contributed by atoms with Crippen LogP contribution >= 0.6 is 0 Å². The van der Waals surface area contributed by atoms with Crippen LogP contribution in [-0.2, 0) is 11.2 Å². The summed E-state index contributed by atoms with van der Waals surface area (Å²) in [5, 5.41) is 3.04. The fraction of sp³-hybridized carbons (Fsp3) is 0.278. The first-order valence-corrected chi connectivity index (χ1v) is 6.96. The molecule has 0 aromatic heterocycles. The number of benzene rings is 2. The lowest BCUT2D eigenvalue weighted by molar-refractivity contribution is -0.121. The van der Waals surface area contributed by atoms with Crippen LogP contribution in [0, 0.1) is 13.8 Å². The summed E-state index contributed by atoms with van der Waals surface area (Å²) in [7, 11) is 0. The third-order valence-electron chi connectivity index (χ3n) is 3.61. The Kier molecular flexibility index (Phi) is 4.57. The van der Waals surface area contributed by atoms with Crippen molar-refractivity contribution in [3.8, 4) is 0 Å². The summed E-state index contributed by atoms with van der Waals surface area (Å²) in [4.78, 5) is 12.1. The third-order valence-corrected chi connectivity index (χ3v) is 3.61. The number of nitrogens with one attached hydrogen (secondary N) is 1. The molecule has 2 aromatic rings. The van der Waals surface area contributed by atoms with Crippen LogP contribution in [0.4, 0.5) is 0 Å². The Labute approximate surface area is 120 Å². The SMILES string of the molecule is Cc1ccc(CC(=O)NC(C)c2ccccc2)cc1C. The summed E-state index contributed by atoms with van der Waals surface area (Å²) in [5.74, 6) is 0.0598. The molecule has 1 N–H and O–H groups in total. The maximum Gasteiger partial charge on any atom is 0.224 e. The van der Waals surface area contributed by atoms with Crippen molar-refractivity contribution in [2.45, 2.75) is 33.2 Å². The van der Waals surface area contributed by atoms with Crippen molar-refractivity contribution in [3.05, 3.63) is 70.8 Å². The predicted octanol–water partition coefficient (Wildman–Crippen LogP) is 3.72. The number of aryl methyl sites for hydroxylation is 2. The van der Waals surface area contributed by atoms with Crippen molar-refractivity contribution in [1.82, 2.24) is 5.32 Å². The van der Waals surface area contributed by atoms with Gasteiger partial charge in [0.2, 0.25) is 5.91 Å². The van der Waals surface area contributed by atoms with Crippen LogP contribution < -0.4 is 5.32 Å². The zero-order valence-electron chi connectivity index (χ0n) is 12.3. The zero-order chi connectivity index (χ0) is 14.5. The molecular formula is C18H21NO. The van der Waals surface area contributed by atoms with E-state index >= 15 is 0 Å². The molecule has 1 atom stereocenters. The number of hydrogen-bond donors (Lipinski definition) is 1. The summed E-state index contributed by atoms with van der Waals surface area (Å²) >= 11 is 0. The van der Waals surface area contributed by atoms with E-state index in [0.717, 1.165) is 11.1 Å². The van der Waals surface area contributed by atoms with E-state index in [2.05, 4.69) is 31.3 Å². The Balaban J connectivity index is 1.97. The molecule has 2 heteroatoms. The van der Waals surface area contributed by atoms with Crippen LogP contribution in [0.1, 0.15) is 35.2 Å². The second-order valence-corrected chi connectivity index (χ2v) is 5.30.